The number of nitrogens with zero attached hydrogens (tertiary/aromatic N) is 2. The molecule has 1 aromatic carbocycles. The van der Waals surface area contributed by atoms with E-state index in [0.717, 1.165) is 5.56 Å². The molecule has 1 rings (SSSR count). The largest absolute Gasteiger partial charge is 0.386 e. The number of benzene rings is 1. The van der Waals surface area contributed by atoms with Crippen molar-refractivity contribution in [3.63, 3.8) is 0 Å². The van der Waals surface area contributed by atoms with Crippen LogP contribution in [0.1, 0.15) is 26.3 Å². The van der Waals surface area contributed by atoms with Gasteiger partial charge in [0.15, 0.2) is 0 Å². The van der Waals surface area contributed by atoms with Crippen molar-refractivity contribution in [3.8, 4) is 0 Å². The smallest absolute Gasteiger partial charge is 0.109 e. The lowest BCUT2D eigenvalue weighted by Crippen LogP contribution is -2.40. The Morgan fingerprint density at radius 2 is 1.95 bits per heavy atom. The maximum atomic E-state index is 10.5. The number of hydrazine groups is 1. The molecule has 0 amide bonds. The zero-order valence-corrected chi connectivity index (χ0v) is 13.4. The molecule has 1 atom stereocenters. The molecule has 0 spiro atoms. The summed E-state index contributed by atoms with van der Waals surface area (Å²) >= 11 is 5.88. The van der Waals surface area contributed by atoms with E-state index in [1.807, 2.05) is 32.9 Å². The van der Waals surface area contributed by atoms with Gasteiger partial charge in [0, 0.05) is 11.2 Å². The van der Waals surface area contributed by atoms with Crippen LogP contribution < -0.4 is 5.84 Å². The summed E-state index contributed by atoms with van der Waals surface area (Å²) < 4.78 is 0. The number of aliphatic hydroxyl groups is 1. The van der Waals surface area contributed by atoms with Crippen LogP contribution in [0.15, 0.2) is 47.7 Å². The van der Waals surface area contributed by atoms with Gasteiger partial charge in [0.05, 0.1) is 5.70 Å². The molecule has 21 heavy (non-hydrogen) atoms. The van der Waals surface area contributed by atoms with Gasteiger partial charge < -0.3 is 5.11 Å². The van der Waals surface area contributed by atoms with Gasteiger partial charge in [-0.1, -0.05) is 51.1 Å². The molecule has 0 aliphatic rings. The zero-order valence-electron chi connectivity index (χ0n) is 12.6. The standard InChI is InChI=1S/C16H22ClN3O/c1-5-19-11-20(18)14(15(21)16(2,3)4)10-12-6-8-13(17)9-7-12/h5-11,15,21H,1,18H2,2-4H3/t15-/m1/s1. The van der Waals surface area contributed by atoms with E-state index < -0.39 is 6.10 Å². The van der Waals surface area contributed by atoms with E-state index in [2.05, 4.69) is 11.6 Å². The summed E-state index contributed by atoms with van der Waals surface area (Å²) in [6.07, 6.45) is 3.84. The van der Waals surface area contributed by atoms with Crippen molar-refractivity contribution in [2.75, 3.05) is 0 Å². The Bertz CT molecular complexity index is 529. The van der Waals surface area contributed by atoms with E-state index in [-0.39, 0.29) is 5.41 Å². The molecule has 1 aromatic rings. The van der Waals surface area contributed by atoms with Gasteiger partial charge in [-0.3, -0.25) is 5.01 Å². The van der Waals surface area contributed by atoms with Gasteiger partial charge in [0.1, 0.15) is 12.4 Å². The summed E-state index contributed by atoms with van der Waals surface area (Å²) in [6.45, 7) is 9.31. The number of rotatable bonds is 5. The Labute approximate surface area is 131 Å². The fourth-order valence-electron chi connectivity index (χ4n) is 1.65. The van der Waals surface area contributed by atoms with E-state index in [4.69, 9.17) is 17.4 Å². The molecule has 0 saturated carbocycles. The van der Waals surface area contributed by atoms with E-state index in [1.165, 1.54) is 17.5 Å². The Morgan fingerprint density at radius 1 is 1.38 bits per heavy atom. The van der Waals surface area contributed by atoms with Crippen LogP contribution in [-0.2, 0) is 0 Å². The molecule has 0 aromatic heterocycles. The van der Waals surface area contributed by atoms with Crippen LogP contribution >= 0.6 is 11.6 Å². The third kappa shape index (κ3) is 5.34. The van der Waals surface area contributed by atoms with Crippen LogP contribution in [0.3, 0.4) is 0 Å². The first-order valence-corrected chi connectivity index (χ1v) is 6.97. The van der Waals surface area contributed by atoms with Crippen molar-refractivity contribution in [1.29, 1.82) is 0 Å². The molecule has 4 nitrogen and oxygen atoms in total. The lowest BCUT2D eigenvalue weighted by Gasteiger charge is -2.31. The predicted molar refractivity (Wildman–Crippen MR) is 89.6 cm³/mol. The highest BCUT2D eigenvalue weighted by Crippen LogP contribution is 2.27. The van der Waals surface area contributed by atoms with Gasteiger partial charge in [-0.15, -0.1) is 0 Å². The van der Waals surface area contributed by atoms with Crippen molar-refractivity contribution in [2.45, 2.75) is 26.9 Å². The van der Waals surface area contributed by atoms with E-state index in [1.54, 1.807) is 18.2 Å². The first kappa shape index (κ1) is 17.4. The molecule has 0 fully saturated rings. The molecule has 0 unspecified atom stereocenters. The van der Waals surface area contributed by atoms with Crippen molar-refractivity contribution in [2.24, 2.45) is 16.3 Å². The van der Waals surface area contributed by atoms with Crippen molar-refractivity contribution in [1.82, 2.24) is 5.01 Å². The number of halogens is 1. The second-order valence-corrected chi connectivity index (χ2v) is 6.18. The second kappa shape index (κ2) is 7.41. The van der Waals surface area contributed by atoms with Crippen molar-refractivity contribution in [3.05, 3.63) is 53.3 Å². The summed E-state index contributed by atoms with van der Waals surface area (Å²) in [4.78, 5) is 3.88. The molecular formula is C16H22ClN3O. The maximum absolute atomic E-state index is 10.5. The summed E-state index contributed by atoms with van der Waals surface area (Å²) in [7, 11) is 0. The molecule has 3 N–H and O–H groups in total. The SMILES string of the molecule is C=CN=CN(N)C(=Cc1ccc(Cl)cc1)[C@@H](O)C(C)(C)C. The molecule has 0 saturated heterocycles. The van der Waals surface area contributed by atoms with Crippen molar-refractivity contribution < 1.29 is 5.11 Å². The minimum Gasteiger partial charge on any atom is -0.386 e. The van der Waals surface area contributed by atoms with Crippen LogP contribution in [0.5, 0.6) is 0 Å². The Balaban J connectivity index is 3.20. The number of aliphatic imine (C=N–C) groups is 1. The highest BCUT2D eigenvalue weighted by molar-refractivity contribution is 6.30. The topological polar surface area (TPSA) is 61.8 Å². The Hall–Kier alpha value is -1.62. The van der Waals surface area contributed by atoms with Gasteiger partial charge in [-0.25, -0.2) is 10.8 Å². The fourth-order valence-corrected chi connectivity index (χ4v) is 1.78. The molecule has 114 valence electrons. The maximum Gasteiger partial charge on any atom is 0.109 e. The summed E-state index contributed by atoms with van der Waals surface area (Å²) in [5.41, 5.74) is 1.06. The van der Waals surface area contributed by atoms with Gasteiger partial charge in [-0.2, -0.15) is 0 Å². The van der Waals surface area contributed by atoms with Crippen LogP contribution in [0.2, 0.25) is 5.02 Å². The fraction of sp³-hybridized carbons (Fsp3) is 0.312. The van der Waals surface area contributed by atoms with Gasteiger partial charge in [-0.05, 0) is 29.2 Å². The van der Waals surface area contributed by atoms with E-state index in [9.17, 15) is 5.11 Å². The molecule has 0 radical (unpaired) electrons. The van der Waals surface area contributed by atoms with Crippen LogP contribution in [0.4, 0.5) is 0 Å². The monoisotopic (exact) mass is 307 g/mol. The minimum atomic E-state index is -0.755. The van der Waals surface area contributed by atoms with Crippen LogP contribution in [0, 0.1) is 5.41 Å². The Kier molecular flexibility index (Phi) is 6.15. The third-order valence-corrected chi connectivity index (χ3v) is 3.13. The summed E-state index contributed by atoms with van der Waals surface area (Å²) in [5.74, 6) is 5.96. The van der Waals surface area contributed by atoms with Gasteiger partial charge in [0.25, 0.3) is 0 Å². The first-order valence-electron chi connectivity index (χ1n) is 6.59. The molecule has 5 heteroatoms. The average Bonchev–Trinajstić information content (AvgIpc) is 2.42. The molecule has 0 heterocycles. The minimum absolute atomic E-state index is 0.363. The number of hydrogen-bond acceptors (Lipinski definition) is 3. The number of nitrogens with two attached hydrogens (primary N) is 1. The van der Waals surface area contributed by atoms with Crippen LogP contribution in [0.25, 0.3) is 6.08 Å². The highest BCUT2D eigenvalue weighted by atomic mass is 35.5. The first-order chi connectivity index (χ1) is 9.75. The summed E-state index contributed by atoms with van der Waals surface area (Å²) in [5, 5.41) is 12.5. The lowest BCUT2D eigenvalue weighted by molar-refractivity contribution is 0.0786. The normalized spacial score (nSPS) is 14.3. The van der Waals surface area contributed by atoms with E-state index >= 15 is 0 Å². The van der Waals surface area contributed by atoms with Gasteiger partial charge >= 0.3 is 0 Å². The molecular weight excluding hydrogens is 286 g/mol. The Morgan fingerprint density at radius 3 is 2.43 bits per heavy atom. The molecule has 0 aliphatic carbocycles. The molecule has 0 bridgehead atoms. The quantitative estimate of drug-likeness (QED) is 0.379. The van der Waals surface area contributed by atoms with Crippen molar-refractivity contribution >= 4 is 24.0 Å². The highest BCUT2D eigenvalue weighted by Gasteiger charge is 2.28. The number of hydrogen-bond donors (Lipinski definition) is 2. The second-order valence-electron chi connectivity index (χ2n) is 5.74. The summed E-state index contributed by atoms with van der Waals surface area (Å²) in [6, 6.07) is 7.28. The third-order valence-electron chi connectivity index (χ3n) is 2.88. The molecule has 0 aliphatic heterocycles. The number of aliphatic hydroxyl groups excluding tert-OH is 1. The van der Waals surface area contributed by atoms with Crippen LogP contribution in [-0.4, -0.2) is 22.6 Å². The predicted octanol–water partition coefficient (Wildman–Crippen LogP) is 3.44. The van der Waals surface area contributed by atoms with Gasteiger partial charge in [0.2, 0.25) is 0 Å². The average molecular weight is 308 g/mol. The zero-order chi connectivity index (χ0) is 16.0. The lowest BCUT2D eigenvalue weighted by atomic mass is 9.86. The van der Waals surface area contributed by atoms with E-state index in [0.29, 0.717) is 10.7 Å².